The molecule has 0 saturated carbocycles. The summed E-state index contributed by atoms with van der Waals surface area (Å²) in [6.07, 6.45) is -3.72. The number of nitrogens with one attached hydrogen (secondary N) is 1. The third-order valence-electron chi connectivity index (χ3n) is 4.80. The first-order valence-corrected chi connectivity index (χ1v) is 9.23. The molecule has 2 aromatic rings. The molecular weight excluding hydrogens is 383 g/mol. The first-order valence-electron chi connectivity index (χ1n) is 9.23. The monoisotopic (exact) mass is 409 g/mol. The van der Waals surface area contributed by atoms with Crippen molar-refractivity contribution < 1.29 is 27.4 Å². The number of aryl methyl sites for hydroxylation is 1. The van der Waals surface area contributed by atoms with Crippen molar-refractivity contribution in [1.29, 1.82) is 0 Å². The molecule has 4 nitrogen and oxygen atoms in total. The second-order valence-corrected chi connectivity index (χ2v) is 7.39. The summed E-state index contributed by atoms with van der Waals surface area (Å²) in [4.78, 5) is 12.3. The van der Waals surface area contributed by atoms with E-state index in [1.807, 2.05) is 12.1 Å². The van der Waals surface area contributed by atoms with Crippen molar-refractivity contribution in [3.05, 3.63) is 59.2 Å². The number of hydrogen-bond acceptors (Lipinski definition) is 3. The van der Waals surface area contributed by atoms with Crippen LogP contribution in [0.1, 0.15) is 37.0 Å². The largest absolute Gasteiger partial charge is 0.493 e. The van der Waals surface area contributed by atoms with Crippen molar-refractivity contribution in [2.75, 3.05) is 20.8 Å². The Morgan fingerprint density at radius 1 is 1.00 bits per heavy atom. The number of benzene rings is 2. The number of carbonyl (C=O) groups excluding carboxylic acids is 1. The van der Waals surface area contributed by atoms with E-state index in [2.05, 4.69) is 5.32 Å². The van der Waals surface area contributed by atoms with Crippen LogP contribution >= 0.6 is 0 Å². The lowest BCUT2D eigenvalue weighted by Gasteiger charge is -2.26. The maximum Gasteiger partial charge on any atom is 0.416 e. The number of ether oxygens (including phenoxy) is 2. The molecule has 29 heavy (non-hydrogen) atoms. The van der Waals surface area contributed by atoms with E-state index in [0.29, 0.717) is 23.5 Å². The van der Waals surface area contributed by atoms with Gasteiger partial charge in [-0.25, -0.2) is 0 Å². The van der Waals surface area contributed by atoms with Crippen molar-refractivity contribution >= 4 is 5.91 Å². The normalized spacial score (nSPS) is 11.8. The standard InChI is InChI=1S/C22H26F3NO3/c1-21(2,16-8-6-9-17(13-16)22(23,24)25)14-26-19(27)12-11-15-7-5-10-18(28-3)20(15)29-4/h5-10,13H,11-12,14H2,1-4H3,(H,26,27). The van der Waals surface area contributed by atoms with E-state index < -0.39 is 17.2 Å². The fraction of sp³-hybridized carbons (Fsp3) is 0.409. The Bertz CT molecular complexity index is 847. The molecule has 0 aliphatic carbocycles. The Balaban J connectivity index is 1.99. The predicted molar refractivity (Wildman–Crippen MR) is 105 cm³/mol. The summed E-state index contributed by atoms with van der Waals surface area (Å²) >= 11 is 0. The van der Waals surface area contributed by atoms with E-state index in [9.17, 15) is 18.0 Å². The molecule has 0 aliphatic rings. The summed E-state index contributed by atoms with van der Waals surface area (Å²) in [5.74, 6) is 0.998. The average molecular weight is 409 g/mol. The lowest BCUT2D eigenvalue weighted by Crippen LogP contribution is -2.37. The van der Waals surface area contributed by atoms with Crippen molar-refractivity contribution in [3.63, 3.8) is 0 Å². The first kappa shape index (κ1) is 22.6. The molecule has 2 rings (SSSR count). The second-order valence-electron chi connectivity index (χ2n) is 7.39. The van der Waals surface area contributed by atoms with E-state index in [1.54, 1.807) is 40.2 Å². The number of alkyl halides is 3. The van der Waals surface area contributed by atoms with Gasteiger partial charge in [-0.15, -0.1) is 0 Å². The summed E-state index contributed by atoms with van der Waals surface area (Å²) < 4.78 is 49.5. The van der Waals surface area contributed by atoms with Crippen LogP contribution in [0.25, 0.3) is 0 Å². The SMILES string of the molecule is COc1cccc(CCC(=O)NCC(C)(C)c2cccc(C(F)(F)F)c2)c1OC. The third-order valence-corrected chi connectivity index (χ3v) is 4.80. The van der Waals surface area contributed by atoms with Crippen LogP contribution in [0.4, 0.5) is 13.2 Å². The highest BCUT2D eigenvalue weighted by atomic mass is 19.4. The zero-order valence-electron chi connectivity index (χ0n) is 17.0. The number of hydrogen-bond donors (Lipinski definition) is 1. The molecule has 0 unspecified atom stereocenters. The van der Waals surface area contributed by atoms with E-state index in [1.165, 1.54) is 6.07 Å². The van der Waals surface area contributed by atoms with Crippen LogP contribution in [0, 0.1) is 0 Å². The van der Waals surface area contributed by atoms with Gasteiger partial charge in [-0.05, 0) is 29.7 Å². The van der Waals surface area contributed by atoms with Gasteiger partial charge in [0.1, 0.15) is 0 Å². The van der Waals surface area contributed by atoms with E-state index in [4.69, 9.17) is 9.47 Å². The summed E-state index contributed by atoms with van der Waals surface area (Å²) in [5, 5.41) is 2.82. The van der Waals surface area contributed by atoms with Crippen molar-refractivity contribution in [2.45, 2.75) is 38.3 Å². The average Bonchev–Trinajstić information content (AvgIpc) is 2.69. The van der Waals surface area contributed by atoms with Crippen LogP contribution in [-0.4, -0.2) is 26.7 Å². The number of amides is 1. The van der Waals surface area contributed by atoms with Crippen LogP contribution in [0.2, 0.25) is 0 Å². The van der Waals surface area contributed by atoms with E-state index in [0.717, 1.165) is 17.7 Å². The molecular formula is C22H26F3NO3. The third kappa shape index (κ3) is 5.89. The van der Waals surface area contributed by atoms with E-state index in [-0.39, 0.29) is 18.9 Å². The first-order chi connectivity index (χ1) is 13.6. The minimum atomic E-state index is -4.40. The summed E-state index contributed by atoms with van der Waals surface area (Å²) in [7, 11) is 3.09. The number of para-hydroxylation sites is 1. The predicted octanol–water partition coefficient (Wildman–Crippen LogP) is 4.75. The smallest absolute Gasteiger partial charge is 0.416 e. The lowest BCUT2D eigenvalue weighted by molar-refractivity contribution is -0.137. The minimum absolute atomic E-state index is 0.185. The molecule has 0 heterocycles. The van der Waals surface area contributed by atoms with Crippen LogP contribution in [0.15, 0.2) is 42.5 Å². The Labute approximate surface area is 169 Å². The van der Waals surface area contributed by atoms with Crippen LogP contribution in [-0.2, 0) is 22.8 Å². The van der Waals surface area contributed by atoms with Gasteiger partial charge in [0.15, 0.2) is 11.5 Å². The molecule has 0 atom stereocenters. The van der Waals surface area contributed by atoms with Gasteiger partial charge < -0.3 is 14.8 Å². The fourth-order valence-electron chi connectivity index (χ4n) is 3.03. The molecule has 1 amide bonds. The second kappa shape index (κ2) is 9.20. The fourth-order valence-corrected chi connectivity index (χ4v) is 3.03. The molecule has 2 aromatic carbocycles. The quantitative estimate of drug-likeness (QED) is 0.685. The van der Waals surface area contributed by atoms with Gasteiger partial charge in [0, 0.05) is 18.4 Å². The van der Waals surface area contributed by atoms with Gasteiger partial charge in [-0.1, -0.05) is 44.2 Å². The lowest BCUT2D eigenvalue weighted by atomic mass is 9.83. The van der Waals surface area contributed by atoms with Gasteiger partial charge in [-0.2, -0.15) is 13.2 Å². The zero-order chi connectivity index (χ0) is 21.7. The van der Waals surface area contributed by atoms with Crippen LogP contribution < -0.4 is 14.8 Å². The molecule has 0 spiro atoms. The van der Waals surface area contributed by atoms with Crippen LogP contribution in [0.5, 0.6) is 11.5 Å². The molecule has 158 valence electrons. The van der Waals surface area contributed by atoms with Gasteiger partial charge in [-0.3, -0.25) is 4.79 Å². The molecule has 0 fully saturated rings. The van der Waals surface area contributed by atoms with Gasteiger partial charge in [0.25, 0.3) is 0 Å². The van der Waals surface area contributed by atoms with Gasteiger partial charge in [0.05, 0.1) is 19.8 Å². The summed E-state index contributed by atoms with van der Waals surface area (Å²) in [6, 6.07) is 10.7. The Kier molecular flexibility index (Phi) is 7.16. The van der Waals surface area contributed by atoms with Crippen molar-refractivity contribution in [2.24, 2.45) is 0 Å². The van der Waals surface area contributed by atoms with Crippen molar-refractivity contribution in [3.8, 4) is 11.5 Å². The molecule has 7 heteroatoms. The van der Waals surface area contributed by atoms with Crippen LogP contribution in [0.3, 0.4) is 0 Å². The minimum Gasteiger partial charge on any atom is -0.493 e. The molecule has 0 aromatic heterocycles. The number of methoxy groups -OCH3 is 2. The molecule has 0 saturated heterocycles. The van der Waals surface area contributed by atoms with Gasteiger partial charge in [0.2, 0.25) is 5.91 Å². The zero-order valence-corrected chi connectivity index (χ0v) is 17.0. The van der Waals surface area contributed by atoms with E-state index >= 15 is 0 Å². The maximum atomic E-state index is 13.0. The highest BCUT2D eigenvalue weighted by molar-refractivity contribution is 5.76. The molecule has 0 radical (unpaired) electrons. The van der Waals surface area contributed by atoms with Crippen molar-refractivity contribution in [1.82, 2.24) is 5.32 Å². The van der Waals surface area contributed by atoms with Gasteiger partial charge >= 0.3 is 6.18 Å². The molecule has 0 bridgehead atoms. The topological polar surface area (TPSA) is 47.6 Å². The highest BCUT2D eigenvalue weighted by Crippen LogP contribution is 2.33. The Hall–Kier alpha value is -2.70. The molecule has 0 aliphatic heterocycles. The summed E-state index contributed by atoms with van der Waals surface area (Å²) in [6.45, 7) is 3.82. The summed E-state index contributed by atoms with van der Waals surface area (Å²) in [5.41, 5.74) is 0.0191. The Morgan fingerprint density at radius 2 is 1.66 bits per heavy atom. The molecule has 1 N–H and O–H groups in total. The number of halogens is 3. The number of rotatable bonds is 8. The highest BCUT2D eigenvalue weighted by Gasteiger charge is 2.32. The Morgan fingerprint density at radius 3 is 2.28 bits per heavy atom. The maximum absolute atomic E-state index is 13.0. The number of carbonyl (C=O) groups is 1.